The van der Waals surface area contributed by atoms with Gasteiger partial charge in [0.15, 0.2) is 0 Å². The van der Waals surface area contributed by atoms with Gasteiger partial charge in [0.1, 0.15) is 5.82 Å². The van der Waals surface area contributed by atoms with E-state index in [1.807, 2.05) is 0 Å². The summed E-state index contributed by atoms with van der Waals surface area (Å²) in [4.78, 5) is 30.7. The fourth-order valence-corrected chi connectivity index (χ4v) is 3.57. The van der Waals surface area contributed by atoms with Gasteiger partial charge >= 0.3 is 0 Å². The van der Waals surface area contributed by atoms with Crippen LogP contribution in [-0.4, -0.2) is 39.9 Å². The minimum Gasteiger partial charge on any atom is -0.369 e. The van der Waals surface area contributed by atoms with E-state index < -0.39 is 0 Å². The number of fused-ring (bicyclic) bond motifs is 1. The second-order valence-corrected chi connectivity index (χ2v) is 6.98. The lowest BCUT2D eigenvalue weighted by Gasteiger charge is -2.30. The molecule has 1 saturated heterocycles. The number of nitrogens with two attached hydrogens (primary N) is 1. The third-order valence-electron chi connectivity index (χ3n) is 5.17. The largest absolute Gasteiger partial charge is 0.369 e. The first-order chi connectivity index (χ1) is 13.4. The minimum absolute atomic E-state index is 0.176. The van der Waals surface area contributed by atoms with E-state index in [-0.39, 0.29) is 29.3 Å². The van der Waals surface area contributed by atoms with Crippen molar-refractivity contribution < 1.29 is 18.5 Å². The molecule has 2 aromatic heterocycles. The number of nitrogens with zero attached hydrogens (tertiary/aromatic N) is 3. The van der Waals surface area contributed by atoms with Crippen molar-refractivity contribution in [2.24, 2.45) is 11.7 Å². The molecule has 1 aromatic carbocycles. The van der Waals surface area contributed by atoms with Crippen LogP contribution in [0.4, 0.5) is 4.39 Å². The molecule has 8 heteroatoms. The Bertz CT molecular complexity index is 1050. The minimum atomic E-state index is -0.353. The zero-order chi connectivity index (χ0) is 19.8. The van der Waals surface area contributed by atoms with Crippen LogP contribution in [0.2, 0.25) is 0 Å². The summed E-state index contributed by atoms with van der Waals surface area (Å²) in [6.45, 7) is 2.65. The summed E-state index contributed by atoms with van der Waals surface area (Å²) >= 11 is 0. The molecule has 2 amide bonds. The van der Waals surface area contributed by atoms with E-state index in [1.165, 1.54) is 12.1 Å². The molecule has 1 aliphatic heterocycles. The highest BCUT2D eigenvalue weighted by Crippen LogP contribution is 2.29. The standard InChI is InChI=1S/C20H19FN4O3/c1-11-17-15(20(27)25-8-6-13(7-9-25)18(22)26)10-16(23-19(17)28-24-11)12-2-4-14(21)5-3-12/h2-5,10,13H,6-9H2,1H3,(H2,22,26). The maximum atomic E-state index is 13.3. The first-order valence-corrected chi connectivity index (χ1v) is 9.05. The van der Waals surface area contributed by atoms with Crippen LogP contribution in [0.1, 0.15) is 28.9 Å². The summed E-state index contributed by atoms with van der Waals surface area (Å²) in [7, 11) is 0. The number of carbonyl (C=O) groups is 2. The van der Waals surface area contributed by atoms with Gasteiger partial charge in [-0.3, -0.25) is 9.59 Å². The van der Waals surface area contributed by atoms with E-state index in [2.05, 4.69) is 10.1 Å². The zero-order valence-corrected chi connectivity index (χ0v) is 15.3. The molecule has 0 aliphatic carbocycles. The number of benzene rings is 1. The molecular formula is C20H19FN4O3. The van der Waals surface area contributed by atoms with Crippen LogP contribution < -0.4 is 5.73 Å². The molecule has 3 heterocycles. The fraction of sp³-hybridized carbons (Fsp3) is 0.300. The third kappa shape index (κ3) is 3.21. The average molecular weight is 382 g/mol. The summed E-state index contributed by atoms with van der Waals surface area (Å²) in [6, 6.07) is 7.55. The van der Waals surface area contributed by atoms with Crippen molar-refractivity contribution in [2.75, 3.05) is 13.1 Å². The Hall–Kier alpha value is -3.29. The fourth-order valence-electron chi connectivity index (χ4n) is 3.57. The number of aryl methyl sites for hydroxylation is 1. The van der Waals surface area contributed by atoms with E-state index in [9.17, 15) is 14.0 Å². The van der Waals surface area contributed by atoms with Crippen LogP contribution in [0.15, 0.2) is 34.9 Å². The molecule has 1 aliphatic rings. The van der Waals surface area contributed by atoms with Crippen molar-refractivity contribution in [3.63, 3.8) is 0 Å². The topological polar surface area (TPSA) is 102 Å². The van der Waals surface area contributed by atoms with Gasteiger partial charge in [-0.1, -0.05) is 5.16 Å². The van der Waals surface area contributed by atoms with Gasteiger partial charge < -0.3 is 15.2 Å². The number of aromatic nitrogens is 2. The van der Waals surface area contributed by atoms with Crippen molar-refractivity contribution >= 4 is 22.9 Å². The van der Waals surface area contributed by atoms with Gasteiger partial charge in [-0.2, -0.15) is 0 Å². The highest BCUT2D eigenvalue weighted by atomic mass is 19.1. The second-order valence-electron chi connectivity index (χ2n) is 6.98. The highest BCUT2D eigenvalue weighted by Gasteiger charge is 2.29. The summed E-state index contributed by atoms with van der Waals surface area (Å²) in [5, 5.41) is 4.50. The Balaban J connectivity index is 1.73. The molecule has 144 valence electrons. The lowest BCUT2D eigenvalue weighted by Crippen LogP contribution is -2.41. The molecule has 0 spiro atoms. The lowest BCUT2D eigenvalue weighted by atomic mass is 9.95. The van der Waals surface area contributed by atoms with Gasteiger partial charge in [0.2, 0.25) is 5.91 Å². The monoisotopic (exact) mass is 382 g/mol. The number of primary amides is 1. The first-order valence-electron chi connectivity index (χ1n) is 9.05. The molecule has 0 atom stereocenters. The molecule has 3 aromatic rings. The maximum absolute atomic E-state index is 13.3. The Labute approximate surface area is 160 Å². The predicted octanol–water partition coefficient (Wildman–Crippen LogP) is 2.67. The summed E-state index contributed by atoms with van der Waals surface area (Å²) < 4.78 is 18.5. The number of hydrogen-bond donors (Lipinski definition) is 1. The molecule has 2 N–H and O–H groups in total. The summed E-state index contributed by atoms with van der Waals surface area (Å²) in [6.07, 6.45) is 1.09. The number of pyridine rings is 1. The van der Waals surface area contributed by atoms with Gasteiger partial charge in [-0.15, -0.1) is 0 Å². The number of piperidine rings is 1. The smallest absolute Gasteiger partial charge is 0.259 e. The first kappa shape index (κ1) is 18.1. The van der Waals surface area contributed by atoms with Crippen molar-refractivity contribution in [3.8, 4) is 11.3 Å². The van der Waals surface area contributed by atoms with Gasteiger partial charge in [0, 0.05) is 24.6 Å². The number of halogens is 1. The van der Waals surface area contributed by atoms with E-state index >= 15 is 0 Å². The van der Waals surface area contributed by atoms with Gasteiger partial charge in [0.25, 0.3) is 11.6 Å². The van der Waals surface area contributed by atoms with Crippen LogP contribution >= 0.6 is 0 Å². The molecule has 1 fully saturated rings. The number of rotatable bonds is 3. The van der Waals surface area contributed by atoms with Crippen molar-refractivity contribution in [2.45, 2.75) is 19.8 Å². The van der Waals surface area contributed by atoms with Gasteiger partial charge in [0.05, 0.1) is 22.3 Å². The SMILES string of the molecule is Cc1noc2nc(-c3ccc(F)cc3)cc(C(=O)N3CCC(C(N)=O)CC3)c12. The molecular weight excluding hydrogens is 363 g/mol. The average Bonchev–Trinajstić information content (AvgIpc) is 3.08. The van der Waals surface area contributed by atoms with Crippen LogP contribution in [0, 0.1) is 18.7 Å². The number of amides is 2. The van der Waals surface area contributed by atoms with Crippen molar-refractivity contribution in [1.82, 2.24) is 15.0 Å². The van der Waals surface area contributed by atoms with Crippen molar-refractivity contribution in [3.05, 3.63) is 47.4 Å². The van der Waals surface area contributed by atoms with Crippen LogP contribution in [0.3, 0.4) is 0 Å². The van der Waals surface area contributed by atoms with Crippen LogP contribution in [-0.2, 0) is 4.79 Å². The van der Waals surface area contributed by atoms with Gasteiger partial charge in [-0.05, 0) is 50.1 Å². The summed E-state index contributed by atoms with van der Waals surface area (Å²) in [5.74, 6) is -1.06. The maximum Gasteiger partial charge on any atom is 0.259 e. The molecule has 4 rings (SSSR count). The zero-order valence-electron chi connectivity index (χ0n) is 15.3. The Kier molecular flexibility index (Phi) is 4.54. The van der Waals surface area contributed by atoms with Crippen molar-refractivity contribution in [1.29, 1.82) is 0 Å². The van der Waals surface area contributed by atoms with E-state index in [0.717, 1.165) is 0 Å². The highest BCUT2D eigenvalue weighted by molar-refractivity contribution is 6.07. The lowest BCUT2D eigenvalue weighted by molar-refractivity contribution is -0.123. The Morgan fingerprint density at radius 2 is 1.89 bits per heavy atom. The van der Waals surface area contributed by atoms with E-state index in [1.54, 1.807) is 30.0 Å². The Morgan fingerprint density at radius 3 is 2.54 bits per heavy atom. The van der Waals surface area contributed by atoms with Crippen LogP contribution in [0.25, 0.3) is 22.4 Å². The molecule has 28 heavy (non-hydrogen) atoms. The second kappa shape index (κ2) is 7.03. The predicted molar refractivity (Wildman–Crippen MR) is 99.8 cm³/mol. The van der Waals surface area contributed by atoms with E-state index in [0.29, 0.717) is 53.8 Å². The number of hydrogen-bond acceptors (Lipinski definition) is 5. The van der Waals surface area contributed by atoms with Crippen LogP contribution in [0.5, 0.6) is 0 Å². The molecule has 7 nitrogen and oxygen atoms in total. The third-order valence-corrected chi connectivity index (χ3v) is 5.17. The molecule has 0 saturated carbocycles. The molecule has 0 bridgehead atoms. The quantitative estimate of drug-likeness (QED) is 0.750. The normalized spacial score (nSPS) is 15.1. The molecule has 0 unspecified atom stereocenters. The Morgan fingerprint density at radius 1 is 1.21 bits per heavy atom. The number of likely N-dealkylation sites (tertiary alicyclic amines) is 1. The van der Waals surface area contributed by atoms with E-state index in [4.69, 9.17) is 10.3 Å². The molecule has 0 radical (unpaired) electrons. The number of carbonyl (C=O) groups excluding carboxylic acids is 2. The summed E-state index contributed by atoms with van der Waals surface area (Å²) in [5.41, 5.74) is 7.80. The van der Waals surface area contributed by atoms with Gasteiger partial charge in [-0.25, -0.2) is 9.37 Å².